The second-order valence-corrected chi connectivity index (χ2v) is 9.30. The zero-order valence-corrected chi connectivity index (χ0v) is 18.8. The maximum absolute atomic E-state index is 14.1. The van der Waals surface area contributed by atoms with Gasteiger partial charge < -0.3 is 35.2 Å². The van der Waals surface area contributed by atoms with Crippen molar-refractivity contribution in [1.29, 1.82) is 0 Å². The fourth-order valence-electron chi connectivity index (χ4n) is 3.82. The third kappa shape index (κ3) is 5.04. The molecule has 0 spiro atoms. The molecule has 0 amide bonds. The van der Waals surface area contributed by atoms with Crippen LogP contribution in [-0.4, -0.2) is 48.9 Å². The fourth-order valence-corrected chi connectivity index (χ4v) is 3.82. The van der Waals surface area contributed by atoms with E-state index < -0.39 is 52.7 Å². The van der Waals surface area contributed by atoms with Crippen LogP contribution in [0.25, 0.3) is 0 Å². The molecule has 1 aliphatic rings. The summed E-state index contributed by atoms with van der Waals surface area (Å²) in [6, 6.07) is 1.36. The van der Waals surface area contributed by atoms with Crippen molar-refractivity contribution in [2.75, 3.05) is 4.90 Å². The first-order chi connectivity index (χ1) is 14.3. The molecule has 0 aliphatic heterocycles. The fraction of sp³-hybridized carbons (Fsp3) is 0.636. The Morgan fingerprint density at radius 1 is 1.12 bits per heavy atom. The maximum Gasteiger partial charge on any atom is 0.418 e. The highest BCUT2D eigenvalue weighted by Crippen LogP contribution is 2.48. The molecule has 0 heterocycles. The number of halogens is 3. The van der Waals surface area contributed by atoms with Gasteiger partial charge in [0.1, 0.15) is 5.75 Å². The number of aliphatic hydroxyl groups is 5. The third-order valence-electron chi connectivity index (χ3n) is 5.78. The third-order valence-corrected chi connectivity index (χ3v) is 5.78. The quantitative estimate of drug-likeness (QED) is 0.377. The number of nitrogens with zero attached hydrogens (tertiary/aromatic N) is 1. The number of hydrogen-bond donors (Lipinski definition) is 5. The summed E-state index contributed by atoms with van der Waals surface area (Å²) in [4.78, 5) is 1.36. The first-order valence-corrected chi connectivity index (χ1v) is 10.3. The van der Waals surface area contributed by atoms with Crippen molar-refractivity contribution in [3.05, 3.63) is 36.0 Å². The van der Waals surface area contributed by atoms with Gasteiger partial charge in [0.25, 0.3) is 5.79 Å². The average molecular weight is 463 g/mol. The summed E-state index contributed by atoms with van der Waals surface area (Å²) < 4.78 is 47.2. The molecule has 32 heavy (non-hydrogen) atoms. The van der Waals surface area contributed by atoms with Crippen molar-refractivity contribution < 1.29 is 43.4 Å². The van der Waals surface area contributed by atoms with Crippen LogP contribution in [0.2, 0.25) is 0 Å². The molecule has 1 saturated carbocycles. The van der Waals surface area contributed by atoms with Crippen LogP contribution in [0.3, 0.4) is 0 Å². The van der Waals surface area contributed by atoms with Gasteiger partial charge in [0.2, 0.25) is 0 Å². The van der Waals surface area contributed by atoms with Gasteiger partial charge in [0.05, 0.1) is 16.9 Å². The van der Waals surface area contributed by atoms with Crippen molar-refractivity contribution >= 4 is 5.69 Å². The molecule has 1 aliphatic carbocycles. The maximum atomic E-state index is 14.1. The Labute approximate surface area is 185 Å². The molecule has 0 saturated heterocycles. The molecule has 0 atom stereocenters. The predicted molar refractivity (Wildman–Crippen MR) is 112 cm³/mol. The summed E-state index contributed by atoms with van der Waals surface area (Å²) in [6.45, 7) is 11.1. The van der Waals surface area contributed by atoms with Crippen molar-refractivity contribution in [1.82, 2.24) is 0 Å². The van der Waals surface area contributed by atoms with Gasteiger partial charge in [0.15, 0.2) is 0 Å². The lowest BCUT2D eigenvalue weighted by Crippen LogP contribution is -2.61. The molecule has 1 aromatic carbocycles. The van der Waals surface area contributed by atoms with Gasteiger partial charge in [-0.1, -0.05) is 34.3 Å². The Bertz CT molecular complexity index is 841. The van der Waals surface area contributed by atoms with Gasteiger partial charge in [-0.25, -0.2) is 0 Å². The first kappa shape index (κ1) is 26.4. The topological polar surface area (TPSA) is 114 Å². The van der Waals surface area contributed by atoms with Crippen LogP contribution in [0.1, 0.15) is 64.5 Å². The second-order valence-electron chi connectivity index (χ2n) is 9.30. The van der Waals surface area contributed by atoms with Crippen LogP contribution >= 0.6 is 0 Å². The van der Waals surface area contributed by atoms with E-state index in [2.05, 4.69) is 6.58 Å². The molecule has 0 aromatic heterocycles. The summed E-state index contributed by atoms with van der Waals surface area (Å²) in [7, 11) is 0. The standard InChI is InChI=1S/C22H32F3NO6/c1-7-26(14-10-19(6,27)11-14)18-16(12(2)3)8-15(9-17(18)21(23,24)25)32-22(30,31)20(28,29)13(4)5/h7-9,12-14,27-31H,1,10-11H2,2-6H3. The monoisotopic (exact) mass is 463 g/mol. The summed E-state index contributed by atoms with van der Waals surface area (Å²) >= 11 is 0. The normalized spacial score (nSPS) is 22.2. The molecule has 0 unspecified atom stereocenters. The van der Waals surface area contributed by atoms with E-state index >= 15 is 0 Å². The number of hydrogen-bond acceptors (Lipinski definition) is 7. The SMILES string of the molecule is C=CN(c1c(C(C)C)cc(OC(O)(O)C(O)(O)C(C)C)cc1C(F)(F)F)C1CC(C)(O)C1. The highest BCUT2D eigenvalue weighted by atomic mass is 19.4. The molecule has 2 rings (SSSR count). The lowest BCUT2D eigenvalue weighted by Gasteiger charge is -2.47. The molecular weight excluding hydrogens is 431 g/mol. The predicted octanol–water partition coefficient (Wildman–Crippen LogP) is 3.05. The van der Waals surface area contributed by atoms with E-state index in [0.717, 1.165) is 0 Å². The van der Waals surface area contributed by atoms with Crippen LogP contribution in [-0.2, 0) is 6.18 Å². The lowest BCUT2D eigenvalue weighted by atomic mass is 9.76. The summed E-state index contributed by atoms with van der Waals surface area (Å²) in [5, 5.41) is 50.3. The number of rotatable bonds is 8. The highest BCUT2D eigenvalue weighted by Gasteiger charge is 2.53. The van der Waals surface area contributed by atoms with Crippen LogP contribution in [0.5, 0.6) is 5.75 Å². The largest absolute Gasteiger partial charge is 0.435 e. The Morgan fingerprint density at radius 3 is 2.03 bits per heavy atom. The number of benzene rings is 1. The van der Waals surface area contributed by atoms with Crippen LogP contribution < -0.4 is 9.64 Å². The molecule has 1 fully saturated rings. The van der Waals surface area contributed by atoms with E-state index in [1.165, 1.54) is 31.0 Å². The van der Waals surface area contributed by atoms with E-state index in [-0.39, 0.29) is 24.1 Å². The summed E-state index contributed by atoms with van der Waals surface area (Å²) in [5.41, 5.74) is -2.11. The molecule has 5 N–H and O–H groups in total. The van der Waals surface area contributed by atoms with Gasteiger partial charge in [-0.2, -0.15) is 13.2 Å². The van der Waals surface area contributed by atoms with Crippen molar-refractivity contribution in [3.63, 3.8) is 0 Å². The summed E-state index contributed by atoms with van der Waals surface area (Å²) in [5.74, 6) is -8.92. The molecule has 182 valence electrons. The van der Waals surface area contributed by atoms with Crippen molar-refractivity contribution in [3.8, 4) is 5.75 Å². The Balaban J connectivity index is 2.65. The van der Waals surface area contributed by atoms with E-state index in [1.54, 1.807) is 20.8 Å². The van der Waals surface area contributed by atoms with Gasteiger partial charge in [-0.05, 0) is 49.6 Å². The molecular formula is C22H32F3NO6. The van der Waals surface area contributed by atoms with Crippen LogP contribution in [0, 0.1) is 5.92 Å². The van der Waals surface area contributed by atoms with E-state index in [0.29, 0.717) is 6.07 Å². The molecule has 7 nitrogen and oxygen atoms in total. The van der Waals surface area contributed by atoms with Crippen molar-refractivity contribution in [2.45, 2.75) is 83.0 Å². The Kier molecular flexibility index (Phi) is 7.01. The zero-order valence-electron chi connectivity index (χ0n) is 18.8. The number of alkyl halides is 3. The minimum absolute atomic E-state index is 0.170. The van der Waals surface area contributed by atoms with Crippen molar-refractivity contribution in [2.24, 2.45) is 5.92 Å². The molecule has 1 aromatic rings. The van der Waals surface area contributed by atoms with E-state index in [1.807, 2.05) is 0 Å². The van der Waals surface area contributed by atoms with Gasteiger partial charge in [-0.3, -0.25) is 0 Å². The van der Waals surface area contributed by atoms with Crippen LogP contribution in [0.15, 0.2) is 24.9 Å². The number of anilines is 1. The van der Waals surface area contributed by atoms with Gasteiger partial charge >= 0.3 is 12.1 Å². The zero-order chi connectivity index (χ0) is 24.9. The Morgan fingerprint density at radius 2 is 1.66 bits per heavy atom. The smallest absolute Gasteiger partial charge is 0.418 e. The van der Waals surface area contributed by atoms with Gasteiger partial charge in [-0.15, -0.1) is 0 Å². The summed E-state index contributed by atoms with van der Waals surface area (Å²) in [6.07, 6.45) is -3.10. The van der Waals surface area contributed by atoms with Crippen LogP contribution in [0.4, 0.5) is 18.9 Å². The Hall–Kier alpha value is -1.85. The highest BCUT2D eigenvalue weighted by molar-refractivity contribution is 5.67. The minimum atomic E-state index is -4.85. The molecule has 0 radical (unpaired) electrons. The first-order valence-electron chi connectivity index (χ1n) is 10.3. The second kappa shape index (κ2) is 8.49. The lowest BCUT2D eigenvalue weighted by molar-refractivity contribution is -0.444. The van der Waals surface area contributed by atoms with E-state index in [4.69, 9.17) is 4.74 Å². The number of ether oxygens (including phenoxy) is 1. The minimum Gasteiger partial charge on any atom is -0.435 e. The van der Waals surface area contributed by atoms with Gasteiger partial charge in [0, 0.05) is 12.0 Å². The average Bonchev–Trinajstić information content (AvgIpc) is 2.59. The molecule has 10 heteroatoms. The van der Waals surface area contributed by atoms with E-state index in [9.17, 15) is 38.7 Å². The molecule has 0 bridgehead atoms.